The predicted molar refractivity (Wildman–Crippen MR) is 530 cm³/mol. The van der Waals surface area contributed by atoms with E-state index in [1.807, 2.05) is 283 Å². The first-order valence-electron chi connectivity index (χ1n) is 48.8. The number of nitrogens with zero attached hydrogens (tertiary/aromatic N) is 9. The van der Waals surface area contributed by atoms with Crippen LogP contribution in [0.4, 0.5) is 0 Å². The van der Waals surface area contributed by atoms with Gasteiger partial charge in [-0.1, -0.05) is 342 Å². The number of carbonyl (C=O) groups is 8. The van der Waals surface area contributed by atoms with Gasteiger partial charge in [-0.2, -0.15) is 0 Å². The first kappa shape index (κ1) is 96.0. The molecule has 0 spiro atoms. The van der Waals surface area contributed by atoms with Crippen molar-refractivity contribution in [1.82, 2.24) is 49.2 Å². The largest absolute Gasteiger partial charge is 0.354 e. The van der Waals surface area contributed by atoms with Crippen LogP contribution in [0.1, 0.15) is 179 Å². The molecule has 2 aliphatic carbocycles. The highest BCUT2D eigenvalue weighted by molar-refractivity contribution is 5.95. The number of likely N-dealkylation sites (tertiary alicyclic amines) is 3. The lowest BCUT2D eigenvalue weighted by atomic mass is 9.86. The third-order valence-electron chi connectivity index (χ3n) is 27.1. The number of nitrogens with one attached hydrogen (secondary N) is 1. The molecule has 6 fully saturated rings. The molecule has 133 heavy (non-hydrogen) atoms. The molecule has 5 heterocycles. The van der Waals surface area contributed by atoms with E-state index in [1.165, 1.54) is 67.9 Å². The summed E-state index contributed by atoms with van der Waals surface area (Å²) in [6.45, 7) is 9.79. The molecule has 1 N–H and O–H groups in total. The van der Waals surface area contributed by atoms with Crippen molar-refractivity contribution in [3.8, 4) is 0 Å². The van der Waals surface area contributed by atoms with E-state index in [0.29, 0.717) is 103 Å². The zero-order chi connectivity index (χ0) is 92.1. The van der Waals surface area contributed by atoms with Gasteiger partial charge in [0.15, 0.2) is 0 Å². The van der Waals surface area contributed by atoms with Gasteiger partial charge in [0.2, 0.25) is 47.3 Å². The van der Waals surface area contributed by atoms with Gasteiger partial charge < -0.3 is 44.2 Å². The van der Waals surface area contributed by atoms with Crippen molar-refractivity contribution in [1.29, 1.82) is 0 Å². The van der Waals surface area contributed by atoms with Crippen LogP contribution in [0.5, 0.6) is 0 Å². The smallest absolute Gasteiger partial charge is 0.245 e. The number of aromatic nitrogens is 2. The van der Waals surface area contributed by atoms with E-state index in [1.54, 1.807) is 12.5 Å². The standard InChI is InChI=1S/C32H32N2O2.C31H32N4O2.C23H28N2O2.C23H34N2O2.C6H6/c35-31(23-27-17-18-28-15-7-8-16-29(28)22-27)34(20-9-14-25-10-3-1-4-11-25)30-19-21-33(32(30)36)24-26-12-5-2-6-13-26;36-30-28(17-21-34(30)23-25-11-4-1-5-12-25)35(20-10-19-33-22-18-32-24-33)31(37)29(26-13-6-2-7-14-26)27-15-8-3-9-16-27;26-22(15-17-7-2-1-3-8-17)25(21-13-14-24-23(21)27)16-19-11-6-10-18-9-4-5-12-20(18)19;1-2-24-17-16-21(23(24)27)25(18-20-12-7-4-8-13-20)22(26)15-9-14-19-10-5-3-6-11-19;1-2-4-6-5-3-1/h1-8,10-13,15-18,22,30H,9,14,19-21,23-24H2;1-9,11-16,18,22,24,28-29H,10,17,19-21,23H2;4-6,9-12,17,21H,1-3,7-8,13-16H2,(H,24,27);3,5-6,10-11,20-21H,2,4,7-9,12-18H2,1H3;1-6H. The Labute approximate surface area is 786 Å². The maximum absolute atomic E-state index is 14.4. The van der Waals surface area contributed by atoms with Crippen LogP contribution in [-0.2, 0) is 83.8 Å². The van der Waals surface area contributed by atoms with Gasteiger partial charge in [-0.25, -0.2) is 4.98 Å². The molecule has 18 heteroatoms. The number of aryl methyl sites for hydroxylation is 3. The predicted octanol–water partition coefficient (Wildman–Crippen LogP) is 20.1. The number of amides is 8. The minimum atomic E-state index is -0.466. The lowest BCUT2D eigenvalue weighted by molar-refractivity contribution is -0.142. The number of carbonyl (C=O) groups excluding carboxylic acids is 8. The normalized spacial score (nSPS) is 17.2. The fourth-order valence-corrected chi connectivity index (χ4v) is 19.9. The summed E-state index contributed by atoms with van der Waals surface area (Å²) >= 11 is 0. The summed E-state index contributed by atoms with van der Waals surface area (Å²) in [5.41, 5.74) is 8.71. The molecule has 11 aromatic carbocycles. The first-order valence-corrected chi connectivity index (χ1v) is 48.8. The molecular formula is C115H132N10O8. The van der Waals surface area contributed by atoms with Gasteiger partial charge in [0.05, 0.1) is 18.7 Å². The van der Waals surface area contributed by atoms with Crippen LogP contribution < -0.4 is 5.32 Å². The van der Waals surface area contributed by atoms with Crippen molar-refractivity contribution >= 4 is 68.8 Å². The SMILES string of the molecule is CCN1CCC(N(CC2CCCCC2)C(=O)CCCc2ccccc2)C1=O.O=C1C(N(CCCc2ccccc2)C(=O)Cc2ccc3ccccc3c2)CCN1Cc1ccccc1.O=C1C(N(CCCn2ccnc2)C(=O)C(c2ccccc2)c2ccccc2)CCN1Cc1ccccc1.O=C1NCCC1N(Cc1cccc2ccccc12)C(=O)CC1CCCCC1.c1ccccc1. The van der Waals surface area contributed by atoms with Crippen molar-refractivity contribution in [2.24, 2.45) is 11.8 Å². The molecule has 2 saturated carbocycles. The molecule has 0 bridgehead atoms. The Morgan fingerprint density at radius 2 is 0.880 bits per heavy atom. The quantitative estimate of drug-likeness (QED) is 0.0428. The third-order valence-corrected chi connectivity index (χ3v) is 27.1. The van der Waals surface area contributed by atoms with Crippen LogP contribution in [-0.4, -0.2) is 168 Å². The van der Waals surface area contributed by atoms with E-state index >= 15 is 0 Å². The maximum atomic E-state index is 14.4. The summed E-state index contributed by atoms with van der Waals surface area (Å²) in [7, 11) is 0. The van der Waals surface area contributed by atoms with Crippen LogP contribution in [0.15, 0.2) is 322 Å². The van der Waals surface area contributed by atoms with Crippen molar-refractivity contribution in [3.63, 3.8) is 0 Å². The van der Waals surface area contributed by atoms with E-state index in [0.717, 1.165) is 127 Å². The number of benzene rings is 11. The molecule has 6 aliphatic rings. The molecule has 4 aliphatic heterocycles. The van der Waals surface area contributed by atoms with Gasteiger partial charge in [-0.3, -0.25) is 38.4 Å². The molecule has 18 rings (SSSR count). The van der Waals surface area contributed by atoms with Crippen molar-refractivity contribution in [3.05, 3.63) is 367 Å². The molecular weight excluding hydrogens is 1650 g/mol. The van der Waals surface area contributed by atoms with Gasteiger partial charge in [0.1, 0.15) is 24.2 Å². The summed E-state index contributed by atoms with van der Waals surface area (Å²) in [6, 6.07) is 100.0. The van der Waals surface area contributed by atoms with Crippen molar-refractivity contribution in [2.75, 3.05) is 52.4 Å². The summed E-state index contributed by atoms with van der Waals surface area (Å²) in [4.78, 5) is 124. The Hall–Kier alpha value is -13.1. The summed E-state index contributed by atoms with van der Waals surface area (Å²) < 4.78 is 2.01. The second-order valence-corrected chi connectivity index (χ2v) is 36.3. The fraction of sp³-hybridized carbons (Fsp3) is 0.365. The first-order chi connectivity index (χ1) is 65.3. The summed E-state index contributed by atoms with van der Waals surface area (Å²) in [5.74, 6) is 1.13. The lowest BCUT2D eigenvalue weighted by Gasteiger charge is -2.33. The van der Waals surface area contributed by atoms with Gasteiger partial charge >= 0.3 is 0 Å². The average molecular weight is 1780 g/mol. The zero-order valence-corrected chi connectivity index (χ0v) is 77.5. The van der Waals surface area contributed by atoms with E-state index in [4.69, 9.17) is 0 Å². The second-order valence-electron chi connectivity index (χ2n) is 36.3. The van der Waals surface area contributed by atoms with Crippen LogP contribution in [0.2, 0.25) is 0 Å². The molecule has 0 radical (unpaired) electrons. The van der Waals surface area contributed by atoms with Gasteiger partial charge in [0.25, 0.3) is 0 Å². The number of fused-ring (bicyclic) bond motifs is 2. The maximum Gasteiger partial charge on any atom is 0.245 e. The number of rotatable bonds is 32. The van der Waals surface area contributed by atoms with Gasteiger partial charge in [-0.15, -0.1) is 0 Å². The van der Waals surface area contributed by atoms with Crippen LogP contribution >= 0.6 is 0 Å². The Morgan fingerprint density at radius 1 is 0.406 bits per heavy atom. The minimum absolute atomic E-state index is 0.00719. The highest BCUT2D eigenvalue weighted by Gasteiger charge is 2.43. The highest BCUT2D eigenvalue weighted by Crippen LogP contribution is 2.35. The highest BCUT2D eigenvalue weighted by atomic mass is 16.2. The number of hydrogen-bond donors (Lipinski definition) is 1. The molecule has 8 amide bonds. The molecule has 690 valence electrons. The monoisotopic (exact) mass is 1780 g/mol. The van der Waals surface area contributed by atoms with E-state index in [9.17, 15) is 38.4 Å². The molecule has 4 unspecified atom stereocenters. The Kier molecular flexibility index (Phi) is 36.5. The number of likely N-dealkylation sites (N-methyl/N-ethyl adjacent to an activating group) is 1. The molecule has 4 saturated heterocycles. The van der Waals surface area contributed by atoms with Crippen LogP contribution in [0.25, 0.3) is 21.5 Å². The molecule has 12 aromatic rings. The average Bonchev–Trinajstić information content (AvgIpc) is 1.79. The van der Waals surface area contributed by atoms with Gasteiger partial charge in [-0.05, 0) is 168 Å². The minimum Gasteiger partial charge on any atom is -0.354 e. The number of hydrogen-bond acceptors (Lipinski definition) is 9. The van der Waals surface area contributed by atoms with E-state index < -0.39 is 18.0 Å². The molecule has 18 nitrogen and oxygen atoms in total. The Morgan fingerprint density at radius 3 is 1.42 bits per heavy atom. The topological polar surface area (TPSA) is 189 Å². The fourth-order valence-electron chi connectivity index (χ4n) is 19.9. The van der Waals surface area contributed by atoms with Crippen molar-refractivity contribution in [2.45, 2.75) is 204 Å². The van der Waals surface area contributed by atoms with E-state index in [2.05, 4.69) is 83.1 Å². The zero-order valence-electron chi connectivity index (χ0n) is 77.5. The second kappa shape index (κ2) is 50.5. The van der Waals surface area contributed by atoms with Gasteiger partial charge in [0, 0.05) is 104 Å². The third kappa shape index (κ3) is 27.8. The lowest BCUT2D eigenvalue weighted by Crippen LogP contribution is -2.47. The Balaban J connectivity index is 0.000000140. The number of imidazole rings is 1. The Bertz CT molecular complexity index is 5540. The van der Waals surface area contributed by atoms with E-state index in [-0.39, 0.29) is 59.3 Å². The van der Waals surface area contributed by atoms with Crippen molar-refractivity contribution < 1.29 is 38.4 Å². The van der Waals surface area contributed by atoms with Crippen LogP contribution in [0.3, 0.4) is 0 Å². The molecule has 1 aromatic heterocycles. The van der Waals surface area contributed by atoms with Crippen LogP contribution in [0, 0.1) is 11.8 Å². The summed E-state index contributed by atoms with van der Waals surface area (Å²) in [6.07, 6.45) is 26.2. The summed E-state index contributed by atoms with van der Waals surface area (Å²) in [5, 5.41) is 7.52. The molecule has 4 atom stereocenters.